The van der Waals surface area contributed by atoms with E-state index in [1.807, 2.05) is 13.8 Å². The summed E-state index contributed by atoms with van der Waals surface area (Å²) in [6, 6.07) is 6.50. The van der Waals surface area contributed by atoms with Gasteiger partial charge in [0.15, 0.2) is 0 Å². The maximum absolute atomic E-state index is 2.20. The quantitative estimate of drug-likeness (QED) is 0.677. The van der Waals surface area contributed by atoms with Crippen LogP contribution in [0.4, 0.5) is 0 Å². The van der Waals surface area contributed by atoms with Gasteiger partial charge in [0.25, 0.3) is 0 Å². The SMILES string of the molecule is C.CC.CCN(C)C.Cc1ccc(C)c(C)c1. The molecule has 0 aliphatic carbocycles. The van der Waals surface area contributed by atoms with Crippen LogP contribution < -0.4 is 0 Å². The average molecular weight is 239 g/mol. The zero-order valence-electron chi connectivity index (χ0n) is 12.4. The summed E-state index contributed by atoms with van der Waals surface area (Å²) in [6.07, 6.45) is 0. The Kier molecular flexibility index (Phi) is 16.7. The van der Waals surface area contributed by atoms with Gasteiger partial charge >= 0.3 is 0 Å². The van der Waals surface area contributed by atoms with Crippen molar-refractivity contribution in [2.45, 2.75) is 49.0 Å². The lowest BCUT2D eigenvalue weighted by Crippen LogP contribution is -2.08. The molecule has 1 aromatic carbocycles. The van der Waals surface area contributed by atoms with Gasteiger partial charge in [-0.25, -0.2) is 0 Å². The lowest BCUT2D eigenvalue weighted by molar-refractivity contribution is 0.434. The molecule has 1 heteroatoms. The van der Waals surface area contributed by atoms with Crippen molar-refractivity contribution in [3.8, 4) is 0 Å². The number of rotatable bonds is 1. The fourth-order valence-corrected chi connectivity index (χ4v) is 0.891. The molecule has 0 radical (unpaired) electrons. The van der Waals surface area contributed by atoms with Crippen LogP contribution in [-0.2, 0) is 0 Å². The first-order valence-corrected chi connectivity index (χ1v) is 6.16. The van der Waals surface area contributed by atoms with Gasteiger partial charge < -0.3 is 4.90 Å². The van der Waals surface area contributed by atoms with E-state index in [1.54, 1.807) is 0 Å². The van der Waals surface area contributed by atoms with Crippen LogP contribution >= 0.6 is 0 Å². The van der Waals surface area contributed by atoms with Crippen LogP contribution in [0, 0.1) is 20.8 Å². The summed E-state index contributed by atoms with van der Waals surface area (Å²) in [5, 5.41) is 0. The van der Waals surface area contributed by atoms with Gasteiger partial charge in [0, 0.05) is 0 Å². The molecule has 17 heavy (non-hydrogen) atoms. The monoisotopic (exact) mass is 239 g/mol. The van der Waals surface area contributed by atoms with Crippen molar-refractivity contribution in [1.82, 2.24) is 4.90 Å². The zero-order chi connectivity index (χ0) is 13.1. The summed E-state index contributed by atoms with van der Waals surface area (Å²) in [7, 11) is 4.11. The van der Waals surface area contributed by atoms with Crippen LogP contribution in [0.5, 0.6) is 0 Å². The molecule has 1 rings (SSSR count). The Morgan fingerprint density at radius 3 is 1.59 bits per heavy atom. The van der Waals surface area contributed by atoms with Crippen LogP contribution in [0.15, 0.2) is 18.2 Å². The minimum Gasteiger partial charge on any atom is -0.310 e. The van der Waals surface area contributed by atoms with Crippen LogP contribution in [0.2, 0.25) is 0 Å². The Balaban J connectivity index is -0.000000213. The summed E-state index contributed by atoms with van der Waals surface area (Å²) in [5.41, 5.74) is 4.11. The van der Waals surface area contributed by atoms with E-state index < -0.39 is 0 Å². The van der Waals surface area contributed by atoms with Gasteiger partial charge in [0.05, 0.1) is 0 Å². The maximum atomic E-state index is 2.20. The number of nitrogens with zero attached hydrogens (tertiary/aromatic N) is 1. The van der Waals surface area contributed by atoms with Gasteiger partial charge in [-0.3, -0.25) is 0 Å². The third-order valence-corrected chi connectivity index (χ3v) is 2.29. The van der Waals surface area contributed by atoms with Crippen molar-refractivity contribution in [1.29, 1.82) is 0 Å². The molecule has 0 N–H and O–H groups in total. The van der Waals surface area contributed by atoms with Crippen LogP contribution in [0.3, 0.4) is 0 Å². The minimum atomic E-state index is 0. The van der Waals surface area contributed by atoms with E-state index in [-0.39, 0.29) is 7.43 Å². The van der Waals surface area contributed by atoms with Crippen molar-refractivity contribution in [2.24, 2.45) is 0 Å². The first-order chi connectivity index (χ1) is 7.47. The molecular formula is C16H33N. The fraction of sp³-hybridized carbons (Fsp3) is 0.625. The third-order valence-electron chi connectivity index (χ3n) is 2.29. The molecule has 0 bridgehead atoms. The van der Waals surface area contributed by atoms with E-state index in [1.165, 1.54) is 16.7 Å². The van der Waals surface area contributed by atoms with Gasteiger partial charge in [-0.2, -0.15) is 0 Å². The highest BCUT2D eigenvalue weighted by Crippen LogP contribution is 2.07. The van der Waals surface area contributed by atoms with E-state index in [9.17, 15) is 0 Å². The van der Waals surface area contributed by atoms with Crippen molar-refractivity contribution < 1.29 is 0 Å². The van der Waals surface area contributed by atoms with Gasteiger partial charge in [-0.05, 0) is 52.5 Å². The standard InChI is InChI=1S/C9H12.C4H11N.C2H6.CH4/c1-7-4-5-8(2)9(3)6-7;1-4-5(2)3;1-2;/h4-6H,1-3H3;4H2,1-3H3;1-2H3;1H4. The Labute approximate surface area is 110 Å². The Morgan fingerprint density at radius 2 is 1.35 bits per heavy atom. The molecule has 0 heterocycles. The van der Waals surface area contributed by atoms with Gasteiger partial charge in [0.1, 0.15) is 0 Å². The fourth-order valence-electron chi connectivity index (χ4n) is 0.891. The topological polar surface area (TPSA) is 3.24 Å². The molecule has 0 fully saturated rings. The molecule has 0 aromatic heterocycles. The van der Waals surface area contributed by atoms with E-state index in [0.29, 0.717) is 0 Å². The molecule has 0 atom stereocenters. The van der Waals surface area contributed by atoms with E-state index >= 15 is 0 Å². The highest BCUT2D eigenvalue weighted by Gasteiger charge is 1.89. The summed E-state index contributed by atoms with van der Waals surface area (Å²) < 4.78 is 0. The molecule has 1 nitrogen and oxygen atoms in total. The molecule has 0 saturated carbocycles. The molecule has 102 valence electrons. The molecule has 0 spiro atoms. The van der Waals surface area contributed by atoms with Gasteiger partial charge in [0.2, 0.25) is 0 Å². The number of hydrogen-bond acceptors (Lipinski definition) is 1. The molecule has 0 unspecified atom stereocenters. The Hall–Kier alpha value is -0.820. The Morgan fingerprint density at radius 1 is 0.941 bits per heavy atom. The second kappa shape index (κ2) is 13.2. The minimum absolute atomic E-state index is 0. The third kappa shape index (κ3) is 13.1. The first kappa shape index (κ1) is 21.5. The van der Waals surface area contributed by atoms with E-state index in [0.717, 1.165) is 6.54 Å². The highest BCUT2D eigenvalue weighted by molar-refractivity contribution is 5.28. The number of benzene rings is 1. The van der Waals surface area contributed by atoms with Crippen LogP contribution in [-0.4, -0.2) is 25.5 Å². The molecule has 0 amide bonds. The molecule has 0 aliphatic heterocycles. The van der Waals surface area contributed by atoms with Gasteiger partial charge in [-0.1, -0.05) is 52.0 Å². The van der Waals surface area contributed by atoms with Crippen LogP contribution in [0.25, 0.3) is 0 Å². The smallest absolute Gasteiger partial charge is 0.00533 e. The first-order valence-electron chi connectivity index (χ1n) is 6.16. The summed E-state index contributed by atoms with van der Waals surface area (Å²) in [4.78, 5) is 2.12. The molecule has 1 aromatic rings. The van der Waals surface area contributed by atoms with Gasteiger partial charge in [-0.15, -0.1) is 0 Å². The lowest BCUT2D eigenvalue weighted by Gasteiger charge is -2.00. The molecule has 0 saturated heterocycles. The lowest BCUT2D eigenvalue weighted by atomic mass is 10.1. The number of hydrogen-bond donors (Lipinski definition) is 0. The van der Waals surface area contributed by atoms with Crippen molar-refractivity contribution in [3.63, 3.8) is 0 Å². The summed E-state index contributed by atoms with van der Waals surface area (Å²) in [5.74, 6) is 0. The maximum Gasteiger partial charge on any atom is -0.00533 e. The van der Waals surface area contributed by atoms with E-state index in [4.69, 9.17) is 0 Å². The number of aryl methyl sites for hydroxylation is 3. The average Bonchev–Trinajstić information content (AvgIpc) is 2.27. The van der Waals surface area contributed by atoms with Crippen molar-refractivity contribution >= 4 is 0 Å². The van der Waals surface area contributed by atoms with Crippen molar-refractivity contribution in [2.75, 3.05) is 20.6 Å². The second-order valence-corrected chi connectivity index (χ2v) is 3.98. The predicted octanol–water partition coefficient (Wildman–Crippen LogP) is 4.84. The Bertz CT molecular complexity index is 264. The van der Waals surface area contributed by atoms with E-state index in [2.05, 4.69) is 64.9 Å². The summed E-state index contributed by atoms with van der Waals surface area (Å²) in [6.45, 7) is 13.7. The second-order valence-electron chi connectivity index (χ2n) is 3.98. The highest BCUT2D eigenvalue weighted by atomic mass is 15.0. The predicted molar refractivity (Wildman–Crippen MR) is 83.0 cm³/mol. The van der Waals surface area contributed by atoms with Crippen LogP contribution in [0.1, 0.15) is 44.9 Å². The normalized spacial score (nSPS) is 8.29. The summed E-state index contributed by atoms with van der Waals surface area (Å²) >= 11 is 0. The zero-order valence-corrected chi connectivity index (χ0v) is 12.4. The molecule has 0 aliphatic rings. The molecular weight excluding hydrogens is 206 g/mol. The largest absolute Gasteiger partial charge is 0.310 e. The van der Waals surface area contributed by atoms with Crippen molar-refractivity contribution in [3.05, 3.63) is 34.9 Å².